The number of benzene rings is 1. The highest BCUT2D eigenvalue weighted by atomic mass is 16.5. The van der Waals surface area contributed by atoms with E-state index < -0.39 is 5.97 Å². The third-order valence-electron chi connectivity index (χ3n) is 5.69. The van der Waals surface area contributed by atoms with E-state index in [0.29, 0.717) is 17.8 Å². The summed E-state index contributed by atoms with van der Waals surface area (Å²) in [5, 5.41) is 18.7. The number of nitrogens with zero attached hydrogens (tertiary/aromatic N) is 1. The number of aliphatic carboxylic acids is 1. The van der Waals surface area contributed by atoms with E-state index in [4.69, 9.17) is 9.84 Å². The van der Waals surface area contributed by atoms with Gasteiger partial charge in [0.05, 0.1) is 6.61 Å². The molecule has 0 saturated carbocycles. The van der Waals surface area contributed by atoms with E-state index in [-0.39, 0.29) is 18.6 Å². The molecule has 1 aromatic rings. The number of hydrogen-bond donors (Lipinski definition) is 2. The maximum absolute atomic E-state index is 10.7. The Balaban J connectivity index is 1.77. The summed E-state index contributed by atoms with van der Waals surface area (Å²) in [5.41, 5.74) is 1.05. The Morgan fingerprint density at radius 1 is 1.39 bits per heavy atom. The number of para-hydroxylation sites is 1. The molecular formula is C18H25NO4. The normalized spacial score (nSPS) is 29.8. The fourth-order valence-corrected chi connectivity index (χ4v) is 4.43. The molecule has 0 spiro atoms. The van der Waals surface area contributed by atoms with Gasteiger partial charge in [0.15, 0.2) is 6.61 Å². The van der Waals surface area contributed by atoms with Gasteiger partial charge < -0.3 is 14.9 Å². The lowest BCUT2D eigenvalue weighted by molar-refractivity contribution is -0.139. The van der Waals surface area contributed by atoms with Crippen LogP contribution in [0.15, 0.2) is 24.3 Å². The van der Waals surface area contributed by atoms with Crippen LogP contribution in [0.25, 0.3) is 0 Å². The number of carbonyl (C=O) groups is 1. The molecule has 23 heavy (non-hydrogen) atoms. The zero-order chi connectivity index (χ0) is 16.4. The van der Waals surface area contributed by atoms with Gasteiger partial charge in [0.2, 0.25) is 0 Å². The molecular weight excluding hydrogens is 294 g/mol. The third kappa shape index (κ3) is 2.95. The van der Waals surface area contributed by atoms with Gasteiger partial charge in [-0.2, -0.15) is 0 Å². The van der Waals surface area contributed by atoms with Gasteiger partial charge in [-0.05, 0) is 31.7 Å². The largest absolute Gasteiger partial charge is 0.482 e. The van der Waals surface area contributed by atoms with Crippen molar-refractivity contribution in [2.75, 3.05) is 13.2 Å². The average Bonchev–Trinajstić information content (AvgIpc) is 3.09. The minimum Gasteiger partial charge on any atom is -0.482 e. The quantitative estimate of drug-likeness (QED) is 0.807. The average molecular weight is 319 g/mol. The van der Waals surface area contributed by atoms with Gasteiger partial charge in [0, 0.05) is 29.6 Å². The van der Waals surface area contributed by atoms with E-state index in [1.165, 1.54) is 6.42 Å². The smallest absolute Gasteiger partial charge is 0.341 e. The predicted octanol–water partition coefficient (Wildman–Crippen LogP) is 2.28. The molecule has 0 unspecified atom stereocenters. The molecule has 2 heterocycles. The predicted molar refractivity (Wildman–Crippen MR) is 86.4 cm³/mol. The number of ether oxygens (including phenoxy) is 1. The van der Waals surface area contributed by atoms with Crippen molar-refractivity contribution in [3.05, 3.63) is 29.8 Å². The zero-order valence-electron chi connectivity index (χ0n) is 13.6. The number of aliphatic hydroxyl groups is 1. The standard InChI is InChI=1S/C18H25NO4/c1-2-18(12-20)9-14-7-8-16(18)19(14)10-13-5-3-4-6-15(13)23-11-17(21)22/h3-6,14,16,20H,2,7-12H2,1H3,(H,21,22)/t14-,16+,18-/m0/s1. The van der Waals surface area contributed by atoms with Gasteiger partial charge in [0.25, 0.3) is 0 Å². The van der Waals surface area contributed by atoms with Gasteiger partial charge in [0.1, 0.15) is 5.75 Å². The van der Waals surface area contributed by atoms with Crippen LogP contribution in [0, 0.1) is 5.41 Å². The molecule has 2 aliphatic rings. The van der Waals surface area contributed by atoms with Gasteiger partial charge in [-0.15, -0.1) is 0 Å². The molecule has 5 nitrogen and oxygen atoms in total. The van der Waals surface area contributed by atoms with Crippen molar-refractivity contribution in [3.63, 3.8) is 0 Å². The Labute approximate surface area is 136 Å². The zero-order valence-corrected chi connectivity index (χ0v) is 13.6. The Kier molecular flexibility index (Phi) is 4.60. The molecule has 0 aromatic heterocycles. The van der Waals surface area contributed by atoms with Crippen LogP contribution >= 0.6 is 0 Å². The van der Waals surface area contributed by atoms with E-state index in [2.05, 4.69) is 11.8 Å². The molecule has 2 bridgehead atoms. The van der Waals surface area contributed by atoms with Gasteiger partial charge >= 0.3 is 5.97 Å². The summed E-state index contributed by atoms with van der Waals surface area (Å²) < 4.78 is 5.43. The number of rotatable bonds is 7. The summed E-state index contributed by atoms with van der Waals surface area (Å²) in [6.45, 7) is 2.85. The summed E-state index contributed by atoms with van der Waals surface area (Å²) in [4.78, 5) is 13.2. The highest BCUT2D eigenvalue weighted by Gasteiger charge is 2.54. The molecule has 1 aromatic carbocycles. The number of fused-ring (bicyclic) bond motifs is 2. The van der Waals surface area contributed by atoms with Gasteiger partial charge in [-0.3, -0.25) is 4.90 Å². The monoisotopic (exact) mass is 319 g/mol. The van der Waals surface area contributed by atoms with Gasteiger partial charge in [-0.25, -0.2) is 4.79 Å². The summed E-state index contributed by atoms with van der Waals surface area (Å²) in [5.74, 6) is -0.321. The first-order valence-electron chi connectivity index (χ1n) is 8.39. The van der Waals surface area contributed by atoms with Crippen molar-refractivity contribution in [1.82, 2.24) is 4.90 Å². The van der Waals surface area contributed by atoms with E-state index in [0.717, 1.165) is 31.4 Å². The molecule has 3 rings (SSSR count). The van der Waals surface area contributed by atoms with Gasteiger partial charge in [-0.1, -0.05) is 25.1 Å². The van der Waals surface area contributed by atoms with Crippen molar-refractivity contribution in [2.24, 2.45) is 5.41 Å². The number of carboxylic acids is 1. The van der Waals surface area contributed by atoms with Crippen LogP contribution < -0.4 is 4.74 Å². The summed E-state index contributed by atoms with van der Waals surface area (Å²) in [6.07, 6.45) is 4.38. The second-order valence-corrected chi connectivity index (χ2v) is 6.79. The highest BCUT2D eigenvalue weighted by Crippen LogP contribution is 2.52. The first-order chi connectivity index (χ1) is 11.1. The number of carboxylic acid groups (broad SMARTS) is 1. The second-order valence-electron chi connectivity index (χ2n) is 6.79. The fraction of sp³-hybridized carbons (Fsp3) is 0.611. The van der Waals surface area contributed by atoms with Crippen LogP contribution in [0.3, 0.4) is 0 Å². The van der Waals surface area contributed by atoms with Crippen LogP contribution in [0.2, 0.25) is 0 Å². The molecule has 126 valence electrons. The van der Waals surface area contributed by atoms with Crippen LogP contribution in [-0.2, 0) is 11.3 Å². The van der Waals surface area contributed by atoms with Crippen LogP contribution in [0.5, 0.6) is 5.75 Å². The van der Waals surface area contributed by atoms with Crippen molar-refractivity contribution in [3.8, 4) is 5.75 Å². The van der Waals surface area contributed by atoms with E-state index >= 15 is 0 Å². The lowest BCUT2D eigenvalue weighted by Crippen LogP contribution is -2.39. The van der Waals surface area contributed by atoms with Crippen LogP contribution in [-0.4, -0.2) is 46.4 Å². The van der Waals surface area contributed by atoms with Crippen molar-refractivity contribution >= 4 is 5.97 Å². The van der Waals surface area contributed by atoms with Crippen LogP contribution in [0.4, 0.5) is 0 Å². The third-order valence-corrected chi connectivity index (χ3v) is 5.69. The highest BCUT2D eigenvalue weighted by molar-refractivity contribution is 5.68. The lowest BCUT2D eigenvalue weighted by Gasteiger charge is -2.35. The Bertz CT molecular complexity index is 570. The molecule has 0 amide bonds. The topological polar surface area (TPSA) is 70.0 Å². The number of hydrogen-bond acceptors (Lipinski definition) is 4. The van der Waals surface area contributed by atoms with E-state index in [1.807, 2.05) is 24.3 Å². The first kappa shape index (κ1) is 16.3. The molecule has 3 atom stereocenters. The molecule has 0 radical (unpaired) electrons. The maximum Gasteiger partial charge on any atom is 0.341 e. The fourth-order valence-electron chi connectivity index (χ4n) is 4.43. The molecule has 0 aliphatic carbocycles. The Hall–Kier alpha value is -1.59. The summed E-state index contributed by atoms with van der Waals surface area (Å²) >= 11 is 0. The Morgan fingerprint density at radius 3 is 2.83 bits per heavy atom. The molecule has 2 N–H and O–H groups in total. The second kappa shape index (κ2) is 6.49. The van der Waals surface area contributed by atoms with E-state index in [1.54, 1.807) is 0 Å². The van der Waals surface area contributed by atoms with Crippen LogP contribution in [0.1, 0.15) is 38.2 Å². The molecule has 2 aliphatic heterocycles. The van der Waals surface area contributed by atoms with Crippen molar-refractivity contribution in [1.29, 1.82) is 0 Å². The minimum atomic E-state index is -0.966. The maximum atomic E-state index is 10.7. The number of aliphatic hydroxyl groups excluding tert-OH is 1. The lowest BCUT2D eigenvalue weighted by atomic mass is 9.72. The first-order valence-corrected chi connectivity index (χ1v) is 8.39. The molecule has 2 fully saturated rings. The molecule has 2 saturated heterocycles. The summed E-state index contributed by atoms with van der Waals surface area (Å²) in [7, 11) is 0. The SMILES string of the molecule is CC[C@@]1(CO)C[C@@H]2CC[C@H]1N2Cc1ccccc1OCC(=O)O. The van der Waals surface area contributed by atoms with E-state index in [9.17, 15) is 9.90 Å². The minimum absolute atomic E-state index is 0.0276. The summed E-state index contributed by atoms with van der Waals surface area (Å²) in [6, 6.07) is 8.58. The Morgan fingerprint density at radius 2 is 2.17 bits per heavy atom. The molecule has 5 heteroatoms. The van der Waals surface area contributed by atoms with Crippen molar-refractivity contribution < 1.29 is 19.7 Å². The van der Waals surface area contributed by atoms with Crippen molar-refractivity contribution in [2.45, 2.75) is 51.2 Å².